The number of piperidine rings is 1. The van der Waals surface area contributed by atoms with E-state index in [2.05, 4.69) is 0 Å². The van der Waals surface area contributed by atoms with E-state index in [4.69, 9.17) is 9.47 Å². The summed E-state index contributed by atoms with van der Waals surface area (Å²) in [4.78, 5) is 37.8. The first-order chi connectivity index (χ1) is 9.80. The highest BCUT2D eigenvalue weighted by atomic mass is 16.6. The number of amides is 2. The van der Waals surface area contributed by atoms with Crippen molar-refractivity contribution in [2.24, 2.45) is 5.92 Å². The SMILES string of the molecule is C[C@@H]1CC(=O)N(C(=O)OC(C)(C)C)[C@@H](C(=O)OC(C)(C)C)C1. The van der Waals surface area contributed by atoms with E-state index in [0.717, 1.165) is 4.90 Å². The highest BCUT2D eigenvalue weighted by molar-refractivity contribution is 5.98. The lowest BCUT2D eigenvalue weighted by Crippen LogP contribution is -2.55. The van der Waals surface area contributed by atoms with Crippen molar-refractivity contribution >= 4 is 18.0 Å². The van der Waals surface area contributed by atoms with Crippen LogP contribution in [0.4, 0.5) is 4.79 Å². The Labute approximate surface area is 132 Å². The van der Waals surface area contributed by atoms with Crippen molar-refractivity contribution in [3.05, 3.63) is 0 Å². The van der Waals surface area contributed by atoms with Crippen molar-refractivity contribution < 1.29 is 23.9 Å². The summed E-state index contributed by atoms with van der Waals surface area (Å²) in [6.07, 6.45) is -0.182. The van der Waals surface area contributed by atoms with Gasteiger partial charge in [0.15, 0.2) is 0 Å². The normalized spacial score (nSPS) is 23.2. The smallest absolute Gasteiger partial charge is 0.417 e. The predicted molar refractivity (Wildman–Crippen MR) is 81.1 cm³/mol. The van der Waals surface area contributed by atoms with E-state index in [0.29, 0.717) is 6.42 Å². The molecule has 1 heterocycles. The largest absolute Gasteiger partial charge is 0.458 e. The van der Waals surface area contributed by atoms with Crippen LogP contribution in [0.25, 0.3) is 0 Å². The molecule has 2 atom stereocenters. The molecule has 0 unspecified atom stereocenters. The summed E-state index contributed by atoms with van der Waals surface area (Å²) in [5.74, 6) is -0.953. The van der Waals surface area contributed by atoms with Crippen molar-refractivity contribution in [3.63, 3.8) is 0 Å². The van der Waals surface area contributed by atoms with Crippen LogP contribution in [0.15, 0.2) is 0 Å². The van der Waals surface area contributed by atoms with Gasteiger partial charge in [-0.15, -0.1) is 0 Å². The molecule has 1 aliphatic heterocycles. The van der Waals surface area contributed by atoms with Crippen molar-refractivity contribution in [1.29, 1.82) is 0 Å². The van der Waals surface area contributed by atoms with Gasteiger partial charge in [0.1, 0.15) is 17.2 Å². The van der Waals surface area contributed by atoms with Crippen LogP contribution in [-0.2, 0) is 19.1 Å². The molecule has 0 aliphatic carbocycles. The first-order valence-corrected chi connectivity index (χ1v) is 7.58. The van der Waals surface area contributed by atoms with Gasteiger partial charge >= 0.3 is 12.1 Å². The standard InChI is InChI=1S/C16H27NO5/c1-10-8-11(13(19)21-15(2,3)4)17(12(18)9-10)14(20)22-16(5,6)7/h10-11H,8-9H2,1-7H3/t10-,11+/m0/s1. The number of nitrogens with zero attached hydrogens (tertiary/aromatic N) is 1. The van der Waals surface area contributed by atoms with E-state index < -0.39 is 35.2 Å². The molecular weight excluding hydrogens is 286 g/mol. The molecule has 1 fully saturated rings. The highest BCUT2D eigenvalue weighted by Gasteiger charge is 2.43. The molecule has 6 nitrogen and oxygen atoms in total. The van der Waals surface area contributed by atoms with Crippen LogP contribution in [0.5, 0.6) is 0 Å². The third kappa shape index (κ3) is 5.31. The Morgan fingerprint density at radius 1 is 1.05 bits per heavy atom. The summed E-state index contributed by atoms with van der Waals surface area (Å²) in [5.41, 5.74) is -1.42. The maximum absolute atomic E-state index is 12.4. The minimum atomic E-state index is -0.926. The molecule has 0 radical (unpaired) electrons. The van der Waals surface area contributed by atoms with E-state index in [1.165, 1.54) is 0 Å². The minimum Gasteiger partial charge on any atom is -0.458 e. The number of carbonyl (C=O) groups excluding carboxylic acids is 3. The Kier molecular flexibility index (Phi) is 5.25. The fourth-order valence-corrected chi connectivity index (χ4v) is 2.25. The van der Waals surface area contributed by atoms with E-state index >= 15 is 0 Å². The molecule has 2 amide bonds. The van der Waals surface area contributed by atoms with Crippen molar-refractivity contribution in [1.82, 2.24) is 4.90 Å². The summed E-state index contributed by atoms with van der Waals surface area (Å²) in [7, 11) is 0. The van der Waals surface area contributed by atoms with Gasteiger partial charge in [0.25, 0.3) is 0 Å². The van der Waals surface area contributed by atoms with Crippen LogP contribution in [0.1, 0.15) is 61.3 Å². The Morgan fingerprint density at radius 2 is 1.55 bits per heavy atom. The molecule has 0 aromatic heterocycles. The predicted octanol–water partition coefficient (Wildman–Crippen LogP) is 2.89. The molecule has 1 rings (SSSR count). The number of rotatable bonds is 1. The van der Waals surface area contributed by atoms with Gasteiger partial charge in [-0.25, -0.2) is 14.5 Å². The zero-order valence-corrected chi connectivity index (χ0v) is 14.6. The fourth-order valence-electron chi connectivity index (χ4n) is 2.25. The molecule has 0 spiro atoms. The van der Waals surface area contributed by atoms with Gasteiger partial charge in [-0.05, 0) is 53.9 Å². The van der Waals surface area contributed by atoms with Gasteiger partial charge < -0.3 is 9.47 Å². The van der Waals surface area contributed by atoms with Crippen molar-refractivity contribution in [2.45, 2.75) is 78.6 Å². The minimum absolute atomic E-state index is 0.0173. The molecule has 0 aromatic rings. The second kappa shape index (κ2) is 6.26. The monoisotopic (exact) mass is 313 g/mol. The first kappa shape index (κ1) is 18.5. The lowest BCUT2D eigenvalue weighted by atomic mass is 9.92. The summed E-state index contributed by atoms with van der Waals surface area (Å²) >= 11 is 0. The highest BCUT2D eigenvalue weighted by Crippen LogP contribution is 2.27. The zero-order chi connectivity index (χ0) is 17.3. The quantitative estimate of drug-likeness (QED) is 0.696. The van der Waals surface area contributed by atoms with E-state index in [-0.39, 0.29) is 12.3 Å². The lowest BCUT2D eigenvalue weighted by Gasteiger charge is -2.37. The van der Waals surface area contributed by atoms with Gasteiger partial charge in [-0.2, -0.15) is 0 Å². The number of imide groups is 1. The topological polar surface area (TPSA) is 72.9 Å². The third-order valence-corrected chi connectivity index (χ3v) is 3.00. The van der Waals surface area contributed by atoms with E-state index in [1.807, 2.05) is 6.92 Å². The van der Waals surface area contributed by atoms with Crippen molar-refractivity contribution in [3.8, 4) is 0 Å². The number of carbonyl (C=O) groups is 3. The van der Waals surface area contributed by atoms with Gasteiger partial charge in [-0.3, -0.25) is 4.79 Å². The molecular formula is C16H27NO5. The van der Waals surface area contributed by atoms with E-state index in [1.54, 1.807) is 41.5 Å². The van der Waals surface area contributed by atoms with Crippen LogP contribution >= 0.6 is 0 Å². The Balaban J connectivity index is 3.00. The van der Waals surface area contributed by atoms with Crippen LogP contribution in [0, 0.1) is 5.92 Å². The van der Waals surface area contributed by atoms with Crippen LogP contribution in [-0.4, -0.2) is 40.1 Å². The molecule has 0 bridgehead atoms. The van der Waals surface area contributed by atoms with Gasteiger partial charge in [0.05, 0.1) is 0 Å². The molecule has 0 N–H and O–H groups in total. The van der Waals surface area contributed by atoms with Crippen molar-refractivity contribution in [2.75, 3.05) is 0 Å². The average Bonchev–Trinajstić information content (AvgIpc) is 2.22. The molecule has 6 heteroatoms. The summed E-state index contributed by atoms with van der Waals surface area (Å²) in [5, 5.41) is 0. The molecule has 0 aromatic carbocycles. The Bertz CT molecular complexity index is 458. The summed E-state index contributed by atoms with van der Waals surface area (Å²) in [6.45, 7) is 12.3. The maximum Gasteiger partial charge on any atom is 0.417 e. The summed E-state index contributed by atoms with van der Waals surface area (Å²) in [6, 6.07) is -0.926. The van der Waals surface area contributed by atoms with Crippen LogP contribution in [0.3, 0.4) is 0 Å². The number of hydrogen-bond acceptors (Lipinski definition) is 5. The zero-order valence-electron chi connectivity index (χ0n) is 14.6. The molecule has 1 saturated heterocycles. The number of hydrogen-bond donors (Lipinski definition) is 0. The van der Waals surface area contributed by atoms with Crippen LogP contribution < -0.4 is 0 Å². The third-order valence-electron chi connectivity index (χ3n) is 3.00. The first-order valence-electron chi connectivity index (χ1n) is 7.58. The average molecular weight is 313 g/mol. The molecule has 0 saturated carbocycles. The Morgan fingerprint density at radius 3 is 2.00 bits per heavy atom. The van der Waals surface area contributed by atoms with E-state index in [9.17, 15) is 14.4 Å². The van der Waals surface area contributed by atoms with Crippen LogP contribution in [0.2, 0.25) is 0 Å². The molecule has 22 heavy (non-hydrogen) atoms. The number of esters is 1. The Hall–Kier alpha value is -1.59. The second-order valence-electron chi connectivity index (χ2n) is 7.84. The van der Waals surface area contributed by atoms with Gasteiger partial charge in [0.2, 0.25) is 5.91 Å². The van der Waals surface area contributed by atoms with Gasteiger partial charge in [-0.1, -0.05) is 6.92 Å². The van der Waals surface area contributed by atoms with Gasteiger partial charge in [0, 0.05) is 6.42 Å². The number of ether oxygens (including phenoxy) is 2. The summed E-state index contributed by atoms with van der Waals surface area (Å²) < 4.78 is 10.6. The number of likely N-dealkylation sites (tertiary alicyclic amines) is 1. The second-order valence-corrected chi connectivity index (χ2v) is 7.84. The lowest BCUT2D eigenvalue weighted by molar-refractivity contribution is -0.167. The molecule has 1 aliphatic rings. The fraction of sp³-hybridized carbons (Fsp3) is 0.812. The molecule has 126 valence electrons. The maximum atomic E-state index is 12.4.